The van der Waals surface area contributed by atoms with Crippen LogP contribution in [0.4, 0.5) is 0 Å². The Morgan fingerprint density at radius 2 is 2.35 bits per heavy atom. The van der Waals surface area contributed by atoms with E-state index in [-0.39, 0.29) is 6.04 Å². The Morgan fingerprint density at radius 1 is 1.59 bits per heavy atom. The summed E-state index contributed by atoms with van der Waals surface area (Å²) >= 11 is 4.73. The minimum atomic E-state index is -3.42. The second-order valence-corrected chi connectivity index (χ2v) is 8.32. The van der Waals surface area contributed by atoms with Crippen LogP contribution < -0.4 is 4.72 Å². The largest absolute Gasteiger partial charge is 0.380 e. The van der Waals surface area contributed by atoms with Crippen molar-refractivity contribution in [2.24, 2.45) is 0 Å². The van der Waals surface area contributed by atoms with Crippen molar-refractivity contribution in [2.45, 2.75) is 30.7 Å². The second kappa shape index (κ2) is 5.36. The number of aryl methyl sites for hydroxylation is 1. The Hall–Kier alpha value is 0.0500. The number of hydrogen-bond acceptors (Lipinski definition) is 4. The van der Waals surface area contributed by atoms with E-state index in [1.807, 2.05) is 0 Å². The topological polar surface area (TPSA) is 55.4 Å². The molecule has 0 bridgehead atoms. The molecule has 96 valence electrons. The molecule has 0 radical (unpaired) electrons. The molecule has 0 aromatic carbocycles. The van der Waals surface area contributed by atoms with Crippen LogP contribution in [0.1, 0.15) is 17.7 Å². The Bertz CT molecular complexity index is 492. The van der Waals surface area contributed by atoms with Crippen molar-refractivity contribution >= 4 is 37.3 Å². The standard InChI is InChI=1S/C10H14BrNO3S2/c1-7-9(5-10(11)16-7)17(13,14)12-8-3-2-4-15-6-8/h5,8,12H,2-4,6H2,1H3. The van der Waals surface area contributed by atoms with Gasteiger partial charge in [0.1, 0.15) is 0 Å². The van der Waals surface area contributed by atoms with E-state index < -0.39 is 10.0 Å². The molecule has 2 rings (SSSR count). The van der Waals surface area contributed by atoms with Crippen LogP contribution in [0.25, 0.3) is 0 Å². The predicted molar refractivity (Wildman–Crippen MR) is 70.9 cm³/mol. The van der Waals surface area contributed by atoms with Gasteiger partial charge >= 0.3 is 0 Å². The molecule has 1 atom stereocenters. The van der Waals surface area contributed by atoms with Crippen LogP contribution in [0.3, 0.4) is 0 Å². The monoisotopic (exact) mass is 339 g/mol. The number of nitrogens with one attached hydrogen (secondary N) is 1. The van der Waals surface area contributed by atoms with Crippen molar-refractivity contribution in [3.63, 3.8) is 0 Å². The van der Waals surface area contributed by atoms with Crippen LogP contribution in [0.15, 0.2) is 14.7 Å². The van der Waals surface area contributed by atoms with Crippen LogP contribution in [-0.2, 0) is 14.8 Å². The van der Waals surface area contributed by atoms with E-state index in [2.05, 4.69) is 20.7 Å². The van der Waals surface area contributed by atoms with Gasteiger partial charge in [0.2, 0.25) is 10.0 Å². The van der Waals surface area contributed by atoms with E-state index in [0.717, 1.165) is 28.1 Å². The first-order valence-corrected chi connectivity index (χ1v) is 8.44. The van der Waals surface area contributed by atoms with Crippen molar-refractivity contribution in [1.82, 2.24) is 4.72 Å². The van der Waals surface area contributed by atoms with E-state index in [1.165, 1.54) is 11.3 Å². The van der Waals surface area contributed by atoms with Crippen molar-refractivity contribution in [2.75, 3.05) is 13.2 Å². The van der Waals surface area contributed by atoms with E-state index in [9.17, 15) is 8.42 Å². The molecule has 17 heavy (non-hydrogen) atoms. The fourth-order valence-electron chi connectivity index (χ4n) is 1.81. The summed E-state index contributed by atoms with van der Waals surface area (Å²) in [4.78, 5) is 1.15. The van der Waals surface area contributed by atoms with E-state index in [0.29, 0.717) is 11.5 Å². The highest BCUT2D eigenvalue weighted by Crippen LogP contribution is 2.29. The third-order valence-electron chi connectivity index (χ3n) is 2.61. The molecule has 1 N–H and O–H groups in total. The normalized spacial score (nSPS) is 21.6. The lowest BCUT2D eigenvalue weighted by molar-refractivity contribution is 0.0774. The predicted octanol–water partition coefficient (Wildman–Crippen LogP) is 2.28. The Morgan fingerprint density at radius 3 is 2.88 bits per heavy atom. The highest BCUT2D eigenvalue weighted by Gasteiger charge is 2.24. The molecular formula is C10H14BrNO3S2. The Kier molecular flexibility index (Phi) is 4.25. The molecule has 0 aliphatic carbocycles. The van der Waals surface area contributed by atoms with Crippen LogP contribution in [0.2, 0.25) is 0 Å². The molecule has 0 spiro atoms. The average Bonchev–Trinajstić information content (AvgIpc) is 2.59. The summed E-state index contributed by atoms with van der Waals surface area (Å²) in [5.41, 5.74) is 0. The van der Waals surface area contributed by atoms with Crippen molar-refractivity contribution < 1.29 is 13.2 Å². The summed E-state index contributed by atoms with van der Waals surface area (Å²) in [6, 6.07) is 1.54. The van der Waals surface area contributed by atoms with Crippen LogP contribution >= 0.6 is 27.3 Å². The number of rotatable bonds is 3. The van der Waals surface area contributed by atoms with E-state index in [1.54, 1.807) is 13.0 Å². The third kappa shape index (κ3) is 3.29. The fourth-order valence-corrected chi connectivity index (χ4v) is 5.48. The van der Waals surface area contributed by atoms with Crippen LogP contribution in [-0.4, -0.2) is 27.7 Å². The molecule has 0 saturated carbocycles. The lowest BCUT2D eigenvalue weighted by Gasteiger charge is -2.22. The molecule has 1 saturated heterocycles. The summed E-state index contributed by atoms with van der Waals surface area (Å²) in [7, 11) is -3.42. The first-order valence-electron chi connectivity index (χ1n) is 5.35. The zero-order chi connectivity index (χ0) is 12.5. The molecule has 4 nitrogen and oxygen atoms in total. The van der Waals surface area contributed by atoms with Gasteiger partial charge in [0.05, 0.1) is 15.3 Å². The number of sulfonamides is 1. The van der Waals surface area contributed by atoms with Crippen molar-refractivity contribution in [1.29, 1.82) is 0 Å². The molecule has 1 unspecified atom stereocenters. The average molecular weight is 340 g/mol. The lowest BCUT2D eigenvalue weighted by atomic mass is 10.1. The fraction of sp³-hybridized carbons (Fsp3) is 0.600. The summed E-state index contributed by atoms with van der Waals surface area (Å²) in [6.07, 6.45) is 1.74. The number of hydrogen-bond donors (Lipinski definition) is 1. The second-order valence-electron chi connectivity index (χ2n) is 4.01. The molecule has 1 aromatic heterocycles. The van der Waals surface area contributed by atoms with Gasteiger partial charge in [0.25, 0.3) is 0 Å². The number of halogens is 1. The lowest BCUT2D eigenvalue weighted by Crippen LogP contribution is -2.40. The Labute approximate surface area is 114 Å². The van der Waals surface area contributed by atoms with Gasteiger partial charge in [-0.25, -0.2) is 13.1 Å². The zero-order valence-electron chi connectivity index (χ0n) is 9.40. The van der Waals surface area contributed by atoms with Gasteiger partial charge < -0.3 is 4.74 Å². The van der Waals surface area contributed by atoms with Crippen LogP contribution in [0, 0.1) is 6.92 Å². The maximum absolute atomic E-state index is 12.2. The molecule has 2 heterocycles. The molecule has 7 heteroatoms. The third-order valence-corrected chi connectivity index (χ3v) is 5.94. The molecular weight excluding hydrogens is 326 g/mol. The highest BCUT2D eigenvalue weighted by molar-refractivity contribution is 9.11. The van der Waals surface area contributed by atoms with Gasteiger partial charge in [0, 0.05) is 17.5 Å². The highest BCUT2D eigenvalue weighted by atomic mass is 79.9. The van der Waals surface area contributed by atoms with E-state index >= 15 is 0 Å². The smallest absolute Gasteiger partial charge is 0.242 e. The van der Waals surface area contributed by atoms with E-state index in [4.69, 9.17) is 4.74 Å². The summed E-state index contributed by atoms with van der Waals surface area (Å²) in [6.45, 7) is 2.99. The van der Waals surface area contributed by atoms with Gasteiger partial charge in [-0.2, -0.15) is 0 Å². The summed E-state index contributed by atoms with van der Waals surface area (Å²) < 4.78 is 33.1. The first-order chi connectivity index (χ1) is 7.99. The van der Waals surface area contributed by atoms with Crippen LogP contribution in [0.5, 0.6) is 0 Å². The SMILES string of the molecule is Cc1sc(Br)cc1S(=O)(=O)NC1CCCOC1. The summed E-state index contributed by atoms with van der Waals surface area (Å²) in [5.74, 6) is 0. The summed E-state index contributed by atoms with van der Waals surface area (Å²) in [5, 5.41) is 0. The zero-order valence-corrected chi connectivity index (χ0v) is 12.6. The first kappa shape index (κ1) is 13.5. The van der Waals surface area contributed by atoms with Gasteiger partial charge in [-0.15, -0.1) is 11.3 Å². The number of ether oxygens (including phenoxy) is 1. The maximum atomic E-state index is 12.2. The molecule has 1 aliphatic rings. The number of thiophene rings is 1. The minimum absolute atomic E-state index is 0.105. The van der Waals surface area contributed by atoms with Gasteiger partial charge in [-0.3, -0.25) is 0 Å². The van der Waals surface area contributed by atoms with Crippen molar-refractivity contribution in [3.05, 3.63) is 14.7 Å². The molecule has 0 amide bonds. The maximum Gasteiger partial charge on any atom is 0.242 e. The minimum Gasteiger partial charge on any atom is -0.380 e. The van der Waals surface area contributed by atoms with Gasteiger partial charge in [0.15, 0.2) is 0 Å². The molecule has 1 fully saturated rings. The molecule has 1 aliphatic heterocycles. The van der Waals surface area contributed by atoms with Crippen molar-refractivity contribution in [3.8, 4) is 0 Å². The van der Waals surface area contributed by atoms with Gasteiger partial charge in [-0.1, -0.05) is 0 Å². The van der Waals surface area contributed by atoms with Gasteiger partial charge in [-0.05, 0) is 41.8 Å². The Balaban J connectivity index is 2.15. The quantitative estimate of drug-likeness (QED) is 0.918. The molecule has 1 aromatic rings.